The lowest BCUT2D eigenvalue weighted by Crippen LogP contribution is -2.57. The van der Waals surface area contributed by atoms with Crippen LogP contribution in [0, 0.1) is 23.7 Å². The highest BCUT2D eigenvalue weighted by Gasteiger charge is 2.76. The lowest BCUT2D eigenvalue weighted by atomic mass is 9.65. The summed E-state index contributed by atoms with van der Waals surface area (Å²) in [5.74, 6) is 0.887. The molecule has 6 aromatic rings. The van der Waals surface area contributed by atoms with Crippen molar-refractivity contribution in [3.63, 3.8) is 0 Å². The van der Waals surface area contributed by atoms with Gasteiger partial charge < -0.3 is 35.1 Å². The van der Waals surface area contributed by atoms with E-state index in [0.29, 0.717) is 27.8 Å². The van der Waals surface area contributed by atoms with Crippen molar-refractivity contribution >= 4 is 62.2 Å². The molecule has 3 aliphatic rings. The Balaban J connectivity index is 1.38. The molecule has 2 saturated heterocycles. The number of thiazole rings is 1. The number of aliphatic hydroxyl groups is 2. The lowest BCUT2D eigenvalue weighted by Gasteiger charge is -2.46. The smallest absolute Gasteiger partial charge is 0.329 e. The number of morpholine rings is 1. The number of esters is 2. The molecule has 3 aliphatic heterocycles. The molecule has 352 valence electrons. The number of carbonyl (C=O) groups excluding carboxylic acids is 5. The van der Waals surface area contributed by atoms with Gasteiger partial charge in [-0.2, -0.15) is 0 Å². The van der Waals surface area contributed by atoms with Gasteiger partial charge >= 0.3 is 18.0 Å². The molecule has 1 aromatic heterocycles. The van der Waals surface area contributed by atoms with E-state index in [0.717, 1.165) is 9.60 Å². The third-order valence-electron chi connectivity index (χ3n) is 12.9. The molecule has 0 saturated carbocycles. The second-order valence-electron chi connectivity index (χ2n) is 17.2. The third kappa shape index (κ3) is 8.27. The maximum atomic E-state index is 16.7. The largest absolute Gasteiger partial charge is 0.491 e. The Hall–Kier alpha value is -7.42. The Morgan fingerprint density at radius 1 is 0.870 bits per heavy atom. The summed E-state index contributed by atoms with van der Waals surface area (Å²) in [6.45, 7) is 2.72. The average molecular weight is 948 g/mol. The second-order valence-corrected chi connectivity index (χ2v) is 18.2. The van der Waals surface area contributed by atoms with Gasteiger partial charge in [-0.05, 0) is 59.0 Å². The number of benzene rings is 5. The van der Waals surface area contributed by atoms with E-state index >= 15 is 19.2 Å². The predicted molar refractivity (Wildman–Crippen MR) is 257 cm³/mol. The summed E-state index contributed by atoms with van der Waals surface area (Å²) in [5, 5.41) is 25.7. The molecule has 4 N–H and O–H groups in total. The first-order valence-corrected chi connectivity index (χ1v) is 23.4. The molecular formula is C53H49N5O10S. The van der Waals surface area contributed by atoms with E-state index in [-0.39, 0.29) is 48.4 Å². The molecule has 7 atom stereocenters. The molecule has 0 unspecified atom stereocenters. The molecule has 2 fully saturated rings. The maximum Gasteiger partial charge on any atom is 0.329 e. The van der Waals surface area contributed by atoms with Crippen LogP contribution in [0.3, 0.4) is 0 Å². The number of imide groups is 1. The van der Waals surface area contributed by atoms with Crippen LogP contribution in [0.5, 0.6) is 5.75 Å². The molecule has 9 rings (SSSR count). The number of cyclic esters (lactones) is 1. The van der Waals surface area contributed by atoms with Gasteiger partial charge in [0.05, 0.1) is 54.2 Å². The van der Waals surface area contributed by atoms with Crippen LogP contribution in [0.15, 0.2) is 127 Å². The number of fused-ring (bicyclic) bond motifs is 4. The Morgan fingerprint density at radius 2 is 1.57 bits per heavy atom. The first-order chi connectivity index (χ1) is 33.5. The van der Waals surface area contributed by atoms with E-state index in [1.165, 1.54) is 18.4 Å². The summed E-state index contributed by atoms with van der Waals surface area (Å²) < 4.78 is 18.7. The van der Waals surface area contributed by atoms with E-state index in [4.69, 9.17) is 19.2 Å². The van der Waals surface area contributed by atoms with E-state index < -0.39 is 77.3 Å². The highest BCUT2D eigenvalue weighted by molar-refractivity contribution is 7.22. The number of aliphatic hydroxyl groups excluding tert-OH is 2. The minimum absolute atomic E-state index is 0.0678. The minimum Gasteiger partial charge on any atom is -0.491 e. The number of anilines is 2. The monoisotopic (exact) mass is 947 g/mol. The van der Waals surface area contributed by atoms with Crippen molar-refractivity contribution in [3.8, 4) is 17.6 Å². The zero-order valence-electron chi connectivity index (χ0n) is 37.9. The summed E-state index contributed by atoms with van der Waals surface area (Å²) in [7, 11) is 1.20. The Labute approximate surface area is 402 Å². The van der Waals surface area contributed by atoms with Crippen LogP contribution in [0.2, 0.25) is 0 Å². The van der Waals surface area contributed by atoms with Gasteiger partial charge in [-0.1, -0.05) is 128 Å². The van der Waals surface area contributed by atoms with Crippen molar-refractivity contribution < 1.29 is 48.4 Å². The zero-order chi connectivity index (χ0) is 48.4. The number of aromatic nitrogens is 1. The van der Waals surface area contributed by atoms with Gasteiger partial charge in [-0.3, -0.25) is 19.3 Å². The van der Waals surface area contributed by atoms with E-state index in [2.05, 4.69) is 22.5 Å². The van der Waals surface area contributed by atoms with Crippen LogP contribution >= 0.6 is 11.3 Å². The predicted octanol–water partition coefficient (Wildman–Crippen LogP) is 6.61. The second kappa shape index (κ2) is 19.7. The summed E-state index contributed by atoms with van der Waals surface area (Å²) in [4.78, 5) is 83.9. The standard InChI is InChI=1S/C53H49N5O10S/c1-31(2)42(48(62)66-3)55-52(65)57-38-26-25-32(16-14-15-27-59)30-36(38)53(50(57)64)41(47(61)56-51-54-37-22-11-13-24-40(37)69-51)44-49(63)68-45(34-19-8-5-9-20-34)43(33-17-6-4-7-18-33)58(44)46(53)35-21-10-12-23-39(35)67-29-28-60/h4-13,17-26,30-31,41-46,59-60H,15,27-29H2,1-3H3,(H,55,65)(H,54,56,61)/t41-,42+,43-,44-,45+,46+,53-/m1/s1. The molecule has 5 aromatic carbocycles. The molecule has 4 heterocycles. The number of urea groups is 1. The van der Waals surface area contributed by atoms with Gasteiger partial charge in [0.1, 0.15) is 36.0 Å². The van der Waals surface area contributed by atoms with Crippen LogP contribution in [0.25, 0.3) is 10.2 Å². The Morgan fingerprint density at radius 3 is 2.26 bits per heavy atom. The minimum atomic E-state index is -2.21. The number of hydrogen-bond acceptors (Lipinski definition) is 13. The summed E-state index contributed by atoms with van der Waals surface area (Å²) in [6, 6.07) is 31.7. The van der Waals surface area contributed by atoms with Gasteiger partial charge in [0, 0.05) is 17.5 Å². The molecule has 16 heteroatoms. The molecule has 0 bridgehead atoms. The van der Waals surface area contributed by atoms with Crippen molar-refractivity contribution in [1.29, 1.82) is 0 Å². The van der Waals surface area contributed by atoms with E-state index in [1.807, 2.05) is 83.8 Å². The SMILES string of the molecule is COC(=O)[C@@H](NC(=O)N1C(=O)[C@@]2(c3cc(C#CCCO)ccc31)[C@H](c1ccccc1OCCO)N1[C@H](c3ccccc3)[C@H](c3ccccc3)OC(=O)[C@H]1[C@@H]2C(=O)Nc1nc2ccccc2s1)C(C)C. The van der Waals surface area contributed by atoms with Gasteiger partial charge in [-0.15, -0.1) is 0 Å². The third-order valence-corrected chi connectivity index (χ3v) is 13.9. The average Bonchev–Trinajstić information content (AvgIpc) is 4.00. The number of nitrogens with zero attached hydrogens (tertiary/aromatic N) is 3. The molecule has 69 heavy (non-hydrogen) atoms. The quantitative estimate of drug-likeness (QED) is 0.0758. The number of para-hydroxylation sites is 2. The number of amides is 4. The van der Waals surface area contributed by atoms with Crippen molar-refractivity contribution in [3.05, 3.63) is 155 Å². The highest BCUT2D eigenvalue weighted by atomic mass is 32.1. The van der Waals surface area contributed by atoms with Crippen LogP contribution in [-0.4, -0.2) is 88.9 Å². The maximum absolute atomic E-state index is 16.7. The number of ether oxygens (including phenoxy) is 3. The Kier molecular flexibility index (Phi) is 13.3. The van der Waals surface area contributed by atoms with E-state index in [9.17, 15) is 15.0 Å². The fraction of sp³-hybridized carbons (Fsp3) is 0.283. The molecule has 1 spiro atoms. The number of methoxy groups -OCH3 is 1. The molecular weight excluding hydrogens is 899 g/mol. The highest BCUT2D eigenvalue weighted by Crippen LogP contribution is 2.66. The van der Waals surface area contributed by atoms with Crippen molar-refractivity contribution in [2.75, 3.05) is 37.1 Å². The number of carbonyl (C=O) groups is 5. The zero-order valence-corrected chi connectivity index (χ0v) is 38.7. The first kappa shape index (κ1) is 46.7. The van der Waals surface area contributed by atoms with Crippen LogP contribution < -0.4 is 20.3 Å². The Bertz CT molecular complexity index is 2960. The number of nitrogens with one attached hydrogen (secondary N) is 2. The van der Waals surface area contributed by atoms with Gasteiger partial charge in [-0.25, -0.2) is 19.5 Å². The van der Waals surface area contributed by atoms with Crippen LogP contribution in [0.4, 0.5) is 15.6 Å². The fourth-order valence-corrected chi connectivity index (χ4v) is 11.0. The lowest BCUT2D eigenvalue weighted by molar-refractivity contribution is -0.178. The van der Waals surface area contributed by atoms with Gasteiger partial charge in [0.15, 0.2) is 5.13 Å². The normalized spacial score (nSPS) is 22.1. The van der Waals surface area contributed by atoms with E-state index in [1.54, 1.807) is 62.4 Å². The van der Waals surface area contributed by atoms with Gasteiger partial charge in [0.25, 0.3) is 0 Å². The molecule has 15 nitrogen and oxygen atoms in total. The van der Waals surface area contributed by atoms with Gasteiger partial charge in [0.2, 0.25) is 11.8 Å². The van der Waals surface area contributed by atoms with Crippen molar-refractivity contribution in [1.82, 2.24) is 15.2 Å². The van der Waals surface area contributed by atoms with Crippen LogP contribution in [-0.2, 0) is 34.1 Å². The fourth-order valence-electron chi connectivity index (χ4n) is 10.1. The molecule has 0 aliphatic carbocycles. The molecule has 0 radical (unpaired) electrons. The number of hydrogen-bond donors (Lipinski definition) is 4. The van der Waals surface area contributed by atoms with Crippen molar-refractivity contribution in [2.24, 2.45) is 11.8 Å². The first-order valence-electron chi connectivity index (χ1n) is 22.6. The van der Waals surface area contributed by atoms with Crippen LogP contribution in [0.1, 0.15) is 66.3 Å². The summed E-state index contributed by atoms with van der Waals surface area (Å²) in [5.41, 5.74) is 0.722. The summed E-state index contributed by atoms with van der Waals surface area (Å²) >= 11 is 1.21. The van der Waals surface area contributed by atoms with Crippen molar-refractivity contribution in [2.45, 2.75) is 56.0 Å². The number of rotatable bonds is 12. The topological polar surface area (TPSA) is 197 Å². The summed E-state index contributed by atoms with van der Waals surface area (Å²) in [6.07, 6.45) is -0.863. The molecule has 4 amide bonds.